The number of aryl methyl sites for hydroxylation is 1. The maximum atomic E-state index is 13.3. The van der Waals surface area contributed by atoms with Crippen LogP contribution in [0.15, 0.2) is 48.5 Å². The third kappa shape index (κ3) is 3.07. The van der Waals surface area contributed by atoms with Gasteiger partial charge < -0.3 is 0 Å². The fraction of sp³-hybridized carbons (Fsp3) is 0.133. The normalized spacial score (nSPS) is 10.3. The molecule has 0 saturated heterocycles. The van der Waals surface area contributed by atoms with Crippen LogP contribution in [-0.4, -0.2) is 13.6 Å². The van der Waals surface area contributed by atoms with Crippen LogP contribution in [0.3, 0.4) is 0 Å². The standard InChI is InChI=1S/C15H14BFO/c16-13-8-6-11(10-14(13)17)7-9-15(18)12-4-2-1-3-5-12/h1-6,8,10H,7,9,16H2. The van der Waals surface area contributed by atoms with Gasteiger partial charge in [-0.2, -0.15) is 0 Å². The average Bonchev–Trinajstić information content (AvgIpc) is 2.41. The molecule has 0 aliphatic heterocycles. The number of hydrogen-bond acceptors (Lipinski definition) is 1. The first-order chi connectivity index (χ1) is 8.66. The molecule has 0 aliphatic rings. The van der Waals surface area contributed by atoms with E-state index in [1.807, 2.05) is 24.3 Å². The lowest BCUT2D eigenvalue weighted by atomic mass is 9.93. The molecule has 2 aromatic carbocycles. The molecule has 0 unspecified atom stereocenters. The molecule has 0 fully saturated rings. The van der Waals surface area contributed by atoms with Crippen molar-refractivity contribution in [1.29, 1.82) is 0 Å². The van der Waals surface area contributed by atoms with Gasteiger partial charge in [0.05, 0.1) is 0 Å². The second-order valence-corrected chi connectivity index (χ2v) is 4.37. The monoisotopic (exact) mass is 240 g/mol. The van der Waals surface area contributed by atoms with Crippen LogP contribution in [0, 0.1) is 5.82 Å². The molecular weight excluding hydrogens is 226 g/mol. The maximum absolute atomic E-state index is 13.3. The molecule has 0 radical (unpaired) electrons. The minimum atomic E-state index is -0.209. The van der Waals surface area contributed by atoms with E-state index < -0.39 is 0 Å². The van der Waals surface area contributed by atoms with Crippen molar-refractivity contribution in [2.24, 2.45) is 0 Å². The number of carbonyl (C=O) groups excluding carboxylic acids is 1. The van der Waals surface area contributed by atoms with Gasteiger partial charge in [0.25, 0.3) is 0 Å². The number of benzene rings is 2. The van der Waals surface area contributed by atoms with Crippen LogP contribution in [-0.2, 0) is 6.42 Å². The highest BCUT2D eigenvalue weighted by atomic mass is 19.1. The van der Waals surface area contributed by atoms with Gasteiger partial charge in [-0.3, -0.25) is 4.79 Å². The smallest absolute Gasteiger partial charge is 0.163 e. The lowest BCUT2D eigenvalue weighted by Crippen LogP contribution is -2.09. The Bertz CT molecular complexity index is 552. The van der Waals surface area contributed by atoms with Crippen LogP contribution < -0.4 is 5.46 Å². The Hall–Kier alpha value is -1.90. The molecule has 3 heteroatoms. The van der Waals surface area contributed by atoms with Gasteiger partial charge in [-0.25, -0.2) is 4.39 Å². The van der Waals surface area contributed by atoms with Crippen LogP contribution in [0.2, 0.25) is 0 Å². The van der Waals surface area contributed by atoms with E-state index in [2.05, 4.69) is 0 Å². The summed E-state index contributed by atoms with van der Waals surface area (Å²) in [6.07, 6.45) is 0.984. The molecule has 0 aliphatic carbocycles. The average molecular weight is 240 g/mol. The number of rotatable bonds is 4. The van der Waals surface area contributed by atoms with Crippen molar-refractivity contribution < 1.29 is 9.18 Å². The van der Waals surface area contributed by atoms with E-state index in [1.54, 1.807) is 26.0 Å². The van der Waals surface area contributed by atoms with Crippen molar-refractivity contribution in [1.82, 2.24) is 0 Å². The third-order valence-electron chi connectivity index (χ3n) is 2.97. The summed E-state index contributed by atoms with van der Waals surface area (Å²) in [6.45, 7) is 0. The summed E-state index contributed by atoms with van der Waals surface area (Å²) in [5, 5.41) is 0. The van der Waals surface area contributed by atoms with Gasteiger partial charge in [0.2, 0.25) is 0 Å². The fourth-order valence-electron chi connectivity index (χ4n) is 1.82. The molecule has 0 spiro atoms. The Labute approximate surface area is 107 Å². The summed E-state index contributed by atoms with van der Waals surface area (Å²) >= 11 is 0. The van der Waals surface area contributed by atoms with E-state index in [4.69, 9.17) is 0 Å². The van der Waals surface area contributed by atoms with E-state index >= 15 is 0 Å². The molecular formula is C15H14BFO. The van der Waals surface area contributed by atoms with Gasteiger partial charge >= 0.3 is 0 Å². The Morgan fingerprint density at radius 1 is 1.11 bits per heavy atom. The SMILES string of the molecule is Bc1ccc(CCC(=O)c2ccccc2)cc1F. The second kappa shape index (κ2) is 5.63. The predicted molar refractivity (Wildman–Crippen MR) is 73.7 cm³/mol. The minimum absolute atomic E-state index is 0.0941. The van der Waals surface area contributed by atoms with Gasteiger partial charge in [0.1, 0.15) is 13.7 Å². The van der Waals surface area contributed by atoms with Gasteiger partial charge in [0, 0.05) is 12.0 Å². The van der Waals surface area contributed by atoms with Crippen molar-refractivity contribution in [3.63, 3.8) is 0 Å². The largest absolute Gasteiger partial charge is 0.294 e. The lowest BCUT2D eigenvalue weighted by molar-refractivity contribution is 0.0983. The van der Waals surface area contributed by atoms with Crippen molar-refractivity contribution >= 4 is 19.1 Å². The lowest BCUT2D eigenvalue weighted by Gasteiger charge is -2.03. The molecule has 0 saturated carbocycles. The molecule has 2 rings (SSSR count). The van der Waals surface area contributed by atoms with Gasteiger partial charge in [-0.05, 0) is 18.1 Å². The van der Waals surface area contributed by atoms with Crippen LogP contribution in [0.4, 0.5) is 4.39 Å². The van der Waals surface area contributed by atoms with Gasteiger partial charge in [-0.15, -0.1) is 0 Å². The topological polar surface area (TPSA) is 17.1 Å². The van der Waals surface area contributed by atoms with Crippen molar-refractivity contribution in [2.75, 3.05) is 0 Å². The molecule has 0 aromatic heterocycles. The molecule has 0 heterocycles. The predicted octanol–water partition coefficient (Wildman–Crippen LogP) is 1.90. The minimum Gasteiger partial charge on any atom is -0.294 e. The molecule has 0 atom stereocenters. The Morgan fingerprint density at radius 3 is 2.50 bits per heavy atom. The Balaban J connectivity index is 1.99. The zero-order valence-corrected chi connectivity index (χ0v) is 10.3. The first-order valence-electron chi connectivity index (χ1n) is 6.00. The summed E-state index contributed by atoms with van der Waals surface area (Å²) in [7, 11) is 1.73. The van der Waals surface area contributed by atoms with Crippen molar-refractivity contribution in [3.8, 4) is 0 Å². The summed E-state index contributed by atoms with van der Waals surface area (Å²) < 4.78 is 13.3. The van der Waals surface area contributed by atoms with E-state index in [0.717, 1.165) is 5.56 Å². The van der Waals surface area contributed by atoms with E-state index in [0.29, 0.717) is 23.9 Å². The highest BCUT2D eigenvalue weighted by Crippen LogP contribution is 2.09. The van der Waals surface area contributed by atoms with Crippen LogP contribution in [0.1, 0.15) is 22.3 Å². The molecule has 1 nitrogen and oxygen atoms in total. The van der Waals surface area contributed by atoms with E-state index in [9.17, 15) is 9.18 Å². The maximum Gasteiger partial charge on any atom is 0.163 e. The molecule has 0 N–H and O–H groups in total. The van der Waals surface area contributed by atoms with Crippen LogP contribution in [0.25, 0.3) is 0 Å². The molecule has 90 valence electrons. The first kappa shape index (κ1) is 12.6. The molecule has 0 amide bonds. The quantitative estimate of drug-likeness (QED) is 0.589. The summed E-state index contributed by atoms with van der Waals surface area (Å²) in [5.41, 5.74) is 2.21. The number of Topliss-reactive ketones (excluding diaryl/α,β-unsaturated/α-hetero) is 1. The summed E-state index contributed by atoms with van der Waals surface area (Å²) in [5.74, 6) is -0.115. The Morgan fingerprint density at radius 2 is 1.83 bits per heavy atom. The third-order valence-corrected chi connectivity index (χ3v) is 2.97. The van der Waals surface area contributed by atoms with Crippen LogP contribution in [0.5, 0.6) is 0 Å². The zero-order chi connectivity index (χ0) is 13.0. The second-order valence-electron chi connectivity index (χ2n) is 4.37. The zero-order valence-electron chi connectivity index (χ0n) is 10.3. The molecule has 0 bridgehead atoms. The number of carbonyl (C=O) groups is 1. The summed E-state index contributed by atoms with van der Waals surface area (Å²) in [6, 6.07) is 14.3. The van der Waals surface area contributed by atoms with E-state index in [1.165, 1.54) is 6.07 Å². The number of ketones is 1. The number of hydrogen-bond donors (Lipinski definition) is 0. The molecule has 18 heavy (non-hydrogen) atoms. The van der Waals surface area contributed by atoms with E-state index in [-0.39, 0.29) is 11.6 Å². The van der Waals surface area contributed by atoms with Gasteiger partial charge in [-0.1, -0.05) is 47.9 Å². The number of halogens is 1. The highest BCUT2D eigenvalue weighted by molar-refractivity contribution is 6.32. The van der Waals surface area contributed by atoms with Crippen molar-refractivity contribution in [3.05, 3.63) is 65.5 Å². The summed E-state index contributed by atoms with van der Waals surface area (Å²) in [4.78, 5) is 11.9. The molecule has 2 aromatic rings. The Kier molecular flexibility index (Phi) is 3.93. The van der Waals surface area contributed by atoms with Gasteiger partial charge in [0.15, 0.2) is 5.78 Å². The fourth-order valence-corrected chi connectivity index (χ4v) is 1.82. The first-order valence-corrected chi connectivity index (χ1v) is 6.00. The van der Waals surface area contributed by atoms with Crippen molar-refractivity contribution in [2.45, 2.75) is 12.8 Å². The van der Waals surface area contributed by atoms with Crippen LogP contribution >= 0.6 is 0 Å². The highest BCUT2D eigenvalue weighted by Gasteiger charge is 2.06.